The normalized spacial score (nSPS) is 12.4. The van der Waals surface area contributed by atoms with E-state index in [1.807, 2.05) is 0 Å². The zero-order chi connectivity index (χ0) is 14.5. The summed E-state index contributed by atoms with van der Waals surface area (Å²) >= 11 is 5.91. The molecule has 0 aliphatic rings. The van der Waals surface area contributed by atoms with Crippen molar-refractivity contribution in [2.75, 3.05) is 0 Å². The summed E-state index contributed by atoms with van der Waals surface area (Å²) in [5.41, 5.74) is 3.06. The molecule has 3 heteroatoms. The molecule has 0 aliphatic heterocycles. The van der Waals surface area contributed by atoms with Gasteiger partial charge in [-0.15, -0.1) is 0 Å². The van der Waals surface area contributed by atoms with Gasteiger partial charge in [-0.1, -0.05) is 48.4 Å². The monoisotopic (exact) mass is 291 g/mol. The molecule has 1 unspecified atom stereocenters. The molecule has 0 saturated heterocycles. The lowest BCUT2D eigenvalue weighted by molar-refractivity contribution is 0.504. The average molecular weight is 292 g/mol. The van der Waals surface area contributed by atoms with Gasteiger partial charge in [-0.25, -0.2) is 4.39 Å². The van der Waals surface area contributed by atoms with Gasteiger partial charge in [0.05, 0.1) is 0 Å². The van der Waals surface area contributed by atoms with E-state index >= 15 is 0 Å². The summed E-state index contributed by atoms with van der Waals surface area (Å²) in [4.78, 5) is 0. The third kappa shape index (κ3) is 3.81. The summed E-state index contributed by atoms with van der Waals surface area (Å²) < 4.78 is 13.7. The fourth-order valence-electron chi connectivity index (χ4n) is 2.21. The quantitative estimate of drug-likeness (QED) is 0.815. The van der Waals surface area contributed by atoms with E-state index in [0.29, 0.717) is 17.1 Å². The van der Waals surface area contributed by atoms with Crippen molar-refractivity contribution in [3.05, 3.63) is 70.0 Å². The molecule has 0 amide bonds. The smallest absolute Gasteiger partial charge is 0.127 e. The molecule has 0 aromatic heterocycles. The summed E-state index contributed by atoms with van der Waals surface area (Å²) in [6.45, 7) is 4.66. The van der Waals surface area contributed by atoms with Crippen LogP contribution in [-0.2, 0) is 6.54 Å². The number of rotatable bonds is 5. The summed E-state index contributed by atoms with van der Waals surface area (Å²) in [6, 6.07) is 13.3. The zero-order valence-electron chi connectivity index (χ0n) is 11.8. The van der Waals surface area contributed by atoms with E-state index in [0.717, 1.165) is 6.42 Å². The van der Waals surface area contributed by atoms with Crippen LogP contribution in [0.2, 0.25) is 5.02 Å². The Kier molecular flexibility index (Phi) is 5.16. The lowest BCUT2D eigenvalue weighted by Crippen LogP contribution is -2.20. The Morgan fingerprint density at radius 1 is 1.15 bits per heavy atom. The van der Waals surface area contributed by atoms with Gasteiger partial charge < -0.3 is 5.32 Å². The van der Waals surface area contributed by atoms with E-state index in [4.69, 9.17) is 11.6 Å². The van der Waals surface area contributed by atoms with Gasteiger partial charge in [0.1, 0.15) is 5.82 Å². The lowest BCUT2D eigenvalue weighted by atomic mass is 10.0. The van der Waals surface area contributed by atoms with Gasteiger partial charge in [0, 0.05) is 23.2 Å². The van der Waals surface area contributed by atoms with Crippen LogP contribution in [0.5, 0.6) is 0 Å². The van der Waals surface area contributed by atoms with Gasteiger partial charge in [0.25, 0.3) is 0 Å². The van der Waals surface area contributed by atoms with Crippen LogP contribution in [0.25, 0.3) is 0 Å². The largest absolute Gasteiger partial charge is 0.306 e. The maximum atomic E-state index is 13.7. The van der Waals surface area contributed by atoms with Crippen molar-refractivity contribution in [1.82, 2.24) is 5.32 Å². The fourth-order valence-corrected chi connectivity index (χ4v) is 2.40. The highest BCUT2D eigenvalue weighted by molar-refractivity contribution is 6.30. The highest BCUT2D eigenvalue weighted by Gasteiger charge is 2.10. The molecule has 106 valence electrons. The molecule has 1 N–H and O–H groups in total. The zero-order valence-corrected chi connectivity index (χ0v) is 12.5. The second-order valence-electron chi connectivity index (χ2n) is 4.99. The highest BCUT2D eigenvalue weighted by atomic mass is 35.5. The number of hydrogen-bond donors (Lipinski definition) is 1. The first kappa shape index (κ1) is 15.0. The molecular weight excluding hydrogens is 273 g/mol. The van der Waals surface area contributed by atoms with E-state index in [1.165, 1.54) is 17.2 Å². The Labute approximate surface area is 124 Å². The van der Waals surface area contributed by atoms with Crippen molar-refractivity contribution >= 4 is 11.6 Å². The van der Waals surface area contributed by atoms with E-state index < -0.39 is 0 Å². The van der Waals surface area contributed by atoms with Crippen molar-refractivity contribution in [2.24, 2.45) is 0 Å². The van der Waals surface area contributed by atoms with Crippen molar-refractivity contribution < 1.29 is 4.39 Å². The first-order valence-corrected chi connectivity index (χ1v) is 7.22. The molecule has 0 radical (unpaired) electrons. The second-order valence-corrected chi connectivity index (χ2v) is 5.42. The van der Waals surface area contributed by atoms with Gasteiger partial charge in [0.15, 0.2) is 0 Å². The third-order valence-electron chi connectivity index (χ3n) is 3.43. The highest BCUT2D eigenvalue weighted by Crippen LogP contribution is 2.20. The maximum Gasteiger partial charge on any atom is 0.127 e. The van der Waals surface area contributed by atoms with Crippen molar-refractivity contribution in [2.45, 2.75) is 32.9 Å². The number of halogens is 2. The minimum Gasteiger partial charge on any atom is -0.306 e. The topological polar surface area (TPSA) is 12.0 Å². The minimum atomic E-state index is -0.222. The molecule has 20 heavy (non-hydrogen) atoms. The maximum absolute atomic E-state index is 13.7. The second kappa shape index (κ2) is 6.87. The molecule has 1 nitrogen and oxygen atoms in total. The Balaban J connectivity index is 2.07. The number of nitrogens with one attached hydrogen (secondary N) is 1. The average Bonchev–Trinajstić information content (AvgIpc) is 2.45. The molecule has 0 fully saturated rings. The lowest BCUT2D eigenvalue weighted by Gasteiger charge is -2.18. The first-order chi connectivity index (χ1) is 9.60. The Morgan fingerprint density at radius 3 is 2.50 bits per heavy atom. The van der Waals surface area contributed by atoms with Crippen LogP contribution in [0.15, 0.2) is 42.5 Å². The van der Waals surface area contributed by atoms with Crippen molar-refractivity contribution in [3.8, 4) is 0 Å². The summed E-state index contributed by atoms with van der Waals surface area (Å²) in [5, 5.41) is 3.95. The van der Waals surface area contributed by atoms with Gasteiger partial charge >= 0.3 is 0 Å². The molecule has 2 rings (SSSR count). The van der Waals surface area contributed by atoms with Crippen molar-refractivity contribution in [1.29, 1.82) is 0 Å². The van der Waals surface area contributed by atoms with Crippen LogP contribution in [0.1, 0.15) is 36.1 Å². The van der Waals surface area contributed by atoms with E-state index in [1.54, 1.807) is 12.1 Å². The van der Waals surface area contributed by atoms with Crippen LogP contribution >= 0.6 is 11.6 Å². The number of benzene rings is 2. The SMILES string of the molecule is CCC(NCc1cc(Cl)ccc1F)c1ccc(C)cc1. The van der Waals surface area contributed by atoms with Gasteiger partial charge in [0.2, 0.25) is 0 Å². The van der Waals surface area contributed by atoms with Crippen LogP contribution in [0, 0.1) is 12.7 Å². The van der Waals surface area contributed by atoms with E-state index in [9.17, 15) is 4.39 Å². The van der Waals surface area contributed by atoms with Gasteiger partial charge in [-0.05, 0) is 37.1 Å². The number of hydrogen-bond acceptors (Lipinski definition) is 1. The van der Waals surface area contributed by atoms with E-state index in [-0.39, 0.29) is 11.9 Å². The van der Waals surface area contributed by atoms with Gasteiger partial charge in [-0.2, -0.15) is 0 Å². The molecule has 0 saturated carbocycles. The molecular formula is C17H19ClFN. The standard InChI is InChI=1S/C17H19ClFN/c1-3-17(13-6-4-12(2)5-7-13)20-11-14-10-15(18)8-9-16(14)19/h4-10,17,20H,3,11H2,1-2H3. The molecule has 1 atom stereocenters. The Bertz CT molecular complexity index is 566. The molecule has 2 aromatic rings. The predicted octanol–water partition coefficient (Wildman–Crippen LogP) is 5.03. The molecule has 0 bridgehead atoms. The molecule has 0 aliphatic carbocycles. The van der Waals surface area contributed by atoms with Gasteiger partial charge in [-0.3, -0.25) is 0 Å². The number of aryl methyl sites for hydroxylation is 1. The Morgan fingerprint density at radius 2 is 1.85 bits per heavy atom. The summed E-state index contributed by atoms with van der Waals surface area (Å²) in [5.74, 6) is -0.222. The van der Waals surface area contributed by atoms with E-state index in [2.05, 4.69) is 43.4 Å². The first-order valence-electron chi connectivity index (χ1n) is 6.84. The van der Waals surface area contributed by atoms with Crippen LogP contribution < -0.4 is 5.32 Å². The van der Waals surface area contributed by atoms with Crippen LogP contribution in [0.3, 0.4) is 0 Å². The van der Waals surface area contributed by atoms with Crippen LogP contribution in [0.4, 0.5) is 4.39 Å². The molecule has 0 heterocycles. The predicted molar refractivity (Wildman–Crippen MR) is 82.5 cm³/mol. The fraction of sp³-hybridized carbons (Fsp3) is 0.294. The third-order valence-corrected chi connectivity index (χ3v) is 3.67. The molecule has 2 aromatic carbocycles. The van der Waals surface area contributed by atoms with Crippen molar-refractivity contribution in [3.63, 3.8) is 0 Å². The summed E-state index contributed by atoms with van der Waals surface area (Å²) in [6.07, 6.45) is 0.950. The Hall–Kier alpha value is -1.38. The summed E-state index contributed by atoms with van der Waals surface area (Å²) in [7, 11) is 0. The molecule has 0 spiro atoms. The van der Waals surface area contributed by atoms with Crippen LogP contribution in [-0.4, -0.2) is 0 Å². The minimum absolute atomic E-state index is 0.217.